The molecule has 1 N–H and O–H groups in total. The van der Waals surface area contributed by atoms with E-state index in [2.05, 4.69) is 46.9 Å². The Hall–Kier alpha value is -0.0400. The smallest absolute Gasteiger partial charge is 0.000761 e. The van der Waals surface area contributed by atoms with E-state index in [-0.39, 0.29) is 0 Å². The minimum absolute atomic E-state index is 0.476. The van der Waals surface area contributed by atoms with Gasteiger partial charge in [0.15, 0.2) is 0 Å². The van der Waals surface area contributed by atoms with E-state index in [0.717, 1.165) is 18.4 Å². The fourth-order valence-electron chi connectivity index (χ4n) is 2.05. The molecular weight excluding hydrogens is 194 g/mol. The SMILES string of the molecule is CCCNCC(C)(CCCC(C)C)C(C)C. The van der Waals surface area contributed by atoms with Crippen molar-refractivity contribution in [2.75, 3.05) is 13.1 Å². The normalized spacial score (nSPS) is 15.8. The highest BCUT2D eigenvalue weighted by molar-refractivity contribution is 4.80. The molecule has 0 aromatic carbocycles. The maximum atomic E-state index is 3.60. The predicted octanol–water partition coefficient (Wildman–Crippen LogP) is 4.47. The largest absolute Gasteiger partial charge is 0.316 e. The minimum Gasteiger partial charge on any atom is -0.316 e. The van der Waals surface area contributed by atoms with Crippen molar-refractivity contribution >= 4 is 0 Å². The predicted molar refractivity (Wildman–Crippen MR) is 74.8 cm³/mol. The summed E-state index contributed by atoms with van der Waals surface area (Å²) in [6.07, 6.45) is 5.34. The van der Waals surface area contributed by atoms with E-state index in [0.29, 0.717) is 5.41 Å². The van der Waals surface area contributed by atoms with Gasteiger partial charge < -0.3 is 5.32 Å². The van der Waals surface area contributed by atoms with Crippen molar-refractivity contribution in [1.82, 2.24) is 5.32 Å². The average molecular weight is 227 g/mol. The van der Waals surface area contributed by atoms with Gasteiger partial charge in [0.1, 0.15) is 0 Å². The first kappa shape index (κ1) is 16.0. The maximum Gasteiger partial charge on any atom is 0.000761 e. The minimum atomic E-state index is 0.476. The second kappa shape index (κ2) is 8.11. The van der Waals surface area contributed by atoms with Crippen molar-refractivity contribution in [2.45, 2.75) is 67.2 Å². The molecule has 0 aliphatic carbocycles. The number of nitrogens with one attached hydrogen (secondary N) is 1. The highest BCUT2D eigenvalue weighted by Gasteiger charge is 2.27. The van der Waals surface area contributed by atoms with Gasteiger partial charge in [-0.05, 0) is 36.6 Å². The van der Waals surface area contributed by atoms with E-state index in [4.69, 9.17) is 0 Å². The van der Waals surface area contributed by atoms with Gasteiger partial charge in [-0.2, -0.15) is 0 Å². The summed E-state index contributed by atoms with van der Waals surface area (Å²) in [4.78, 5) is 0. The Morgan fingerprint density at radius 2 is 1.75 bits per heavy atom. The van der Waals surface area contributed by atoms with Crippen LogP contribution >= 0.6 is 0 Å². The zero-order valence-electron chi connectivity index (χ0n) is 12.4. The molecule has 0 aliphatic rings. The van der Waals surface area contributed by atoms with Crippen LogP contribution in [0.2, 0.25) is 0 Å². The van der Waals surface area contributed by atoms with Crippen LogP contribution in [0.1, 0.15) is 67.2 Å². The molecule has 0 aromatic heterocycles. The molecule has 0 aromatic rings. The van der Waals surface area contributed by atoms with Crippen LogP contribution in [0.3, 0.4) is 0 Å². The van der Waals surface area contributed by atoms with Crippen molar-refractivity contribution in [2.24, 2.45) is 17.3 Å². The molecule has 1 unspecified atom stereocenters. The molecule has 0 amide bonds. The second-order valence-corrected chi connectivity index (χ2v) is 6.27. The van der Waals surface area contributed by atoms with Gasteiger partial charge in [0.05, 0.1) is 0 Å². The Labute approximate surface area is 103 Å². The molecule has 0 heterocycles. The summed E-state index contributed by atoms with van der Waals surface area (Å²) < 4.78 is 0. The van der Waals surface area contributed by atoms with Crippen LogP contribution < -0.4 is 5.32 Å². The van der Waals surface area contributed by atoms with Crippen LogP contribution in [0, 0.1) is 17.3 Å². The Balaban J connectivity index is 4.01. The molecule has 0 fully saturated rings. The van der Waals surface area contributed by atoms with Crippen LogP contribution in [0.25, 0.3) is 0 Å². The maximum absolute atomic E-state index is 3.60. The lowest BCUT2D eigenvalue weighted by Gasteiger charge is -2.34. The molecule has 1 atom stereocenters. The monoisotopic (exact) mass is 227 g/mol. The van der Waals surface area contributed by atoms with Gasteiger partial charge in [0, 0.05) is 6.54 Å². The third kappa shape index (κ3) is 6.52. The van der Waals surface area contributed by atoms with E-state index in [9.17, 15) is 0 Å². The van der Waals surface area contributed by atoms with Crippen LogP contribution in [-0.2, 0) is 0 Å². The first-order valence-corrected chi connectivity index (χ1v) is 7.13. The highest BCUT2D eigenvalue weighted by Crippen LogP contribution is 2.32. The third-order valence-corrected chi connectivity index (χ3v) is 3.88. The van der Waals surface area contributed by atoms with E-state index in [1.807, 2.05) is 0 Å². The second-order valence-electron chi connectivity index (χ2n) is 6.27. The van der Waals surface area contributed by atoms with Crippen LogP contribution in [0.15, 0.2) is 0 Å². The summed E-state index contributed by atoms with van der Waals surface area (Å²) >= 11 is 0. The molecule has 0 radical (unpaired) electrons. The standard InChI is InChI=1S/C15H33N/c1-7-11-16-12-15(6,14(4)5)10-8-9-13(2)3/h13-14,16H,7-12H2,1-6H3. The van der Waals surface area contributed by atoms with Gasteiger partial charge in [-0.1, -0.05) is 54.4 Å². The summed E-state index contributed by atoms with van der Waals surface area (Å²) in [5.74, 6) is 1.61. The molecule has 0 saturated carbocycles. The quantitative estimate of drug-likeness (QED) is 0.573. The van der Waals surface area contributed by atoms with Crippen molar-refractivity contribution in [3.63, 3.8) is 0 Å². The van der Waals surface area contributed by atoms with Gasteiger partial charge >= 0.3 is 0 Å². The molecule has 0 rings (SSSR count). The molecule has 0 saturated heterocycles. The van der Waals surface area contributed by atoms with E-state index >= 15 is 0 Å². The number of hydrogen-bond acceptors (Lipinski definition) is 1. The number of rotatable bonds is 9. The Morgan fingerprint density at radius 1 is 1.12 bits per heavy atom. The zero-order chi connectivity index (χ0) is 12.6. The topological polar surface area (TPSA) is 12.0 Å². The first-order chi connectivity index (χ1) is 7.42. The van der Waals surface area contributed by atoms with Crippen LogP contribution in [0.5, 0.6) is 0 Å². The van der Waals surface area contributed by atoms with Gasteiger partial charge in [-0.25, -0.2) is 0 Å². The lowest BCUT2D eigenvalue weighted by molar-refractivity contribution is 0.183. The molecule has 1 heteroatoms. The van der Waals surface area contributed by atoms with Crippen molar-refractivity contribution in [3.05, 3.63) is 0 Å². The lowest BCUT2D eigenvalue weighted by atomic mass is 9.74. The highest BCUT2D eigenvalue weighted by atomic mass is 14.9. The molecular formula is C15H33N. The molecule has 0 bridgehead atoms. The van der Waals surface area contributed by atoms with E-state index in [1.54, 1.807) is 0 Å². The molecule has 0 spiro atoms. The summed E-state index contributed by atoms with van der Waals surface area (Å²) in [5, 5.41) is 3.60. The van der Waals surface area contributed by atoms with Gasteiger partial charge in [0.2, 0.25) is 0 Å². The van der Waals surface area contributed by atoms with Gasteiger partial charge in [0.25, 0.3) is 0 Å². The van der Waals surface area contributed by atoms with Crippen LogP contribution in [-0.4, -0.2) is 13.1 Å². The lowest BCUT2D eigenvalue weighted by Crippen LogP contribution is -2.36. The first-order valence-electron chi connectivity index (χ1n) is 7.13. The number of hydrogen-bond donors (Lipinski definition) is 1. The summed E-state index contributed by atoms with van der Waals surface area (Å²) in [7, 11) is 0. The summed E-state index contributed by atoms with van der Waals surface area (Å²) in [6.45, 7) is 16.4. The van der Waals surface area contributed by atoms with Crippen LogP contribution in [0.4, 0.5) is 0 Å². The molecule has 1 nitrogen and oxygen atoms in total. The van der Waals surface area contributed by atoms with Gasteiger partial charge in [-0.15, -0.1) is 0 Å². The molecule has 0 aliphatic heterocycles. The molecule has 98 valence electrons. The third-order valence-electron chi connectivity index (χ3n) is 3.88. The summed E-state index contributed by atoms with van der Waals surface area (Å²) in [5.41, 5.74) is 0.476. The average Bonchev–Trinajstić information content (AvgIpc) is 2.17. The van der Waals surface area contributed by atoms with E-state index < -0.39 is 0 Å². The van der Waals surface area contributed by atoms with E-state index in [1.165, 1.54) is 32.2 Å². The Morgan fingerprint density at radius 3 is 2.19 bits per heavy atom. The fraction of sp³-hybridized carbons (Fsp3) is 1.00. The Kier molecular flexibility index (Phi) is 8.09. The zero-order valence-corrected chi connectivity index (χ0v) is 12.4. The van der Waals surface area contributed by atoms with Crippen molar-refractivity contribution in [3.8, 4) is 0 Å². The fourth-order valence-corrected chi connectivity index (χ4v) is 2.05. The summed E-state index contributed by atoms with van der Waals surface area (Å²) in [6, 6.07) is 0. The van der Waals surface area contributed by atoms with Crippen molar-refractivity contribution in [1.29, 1.82) is 0 Å². The Bertz CT molecular complexity index is 163. The molecule has 16 heavy (non-hydrogen) atoms. The van der Waals surface area contributed by atoms with Crippen molar-refractivity contribution < 1.29 is 0 Å². The van der Waals surface area contributed by atoms with Gasteiger partial charge in [-0.3, -0.25) is 0 Å².